The molecule has 1 aliphatic heterocycles. The van der Waals surface area contributed by atoms with Gasteiger partial charge in [0.25, 0.3) is 5.91 Å². The van der Waals surface area contributed by atoms with E-state index < -0.39 is 0 Å². The topological polar surface area (TPSA) is 103 Å². The minimum Gasteiger partial charge on any atom is -0.396 e. The van der Waals surface area contributed by atoms with E-state index in [1.807, 2.05) is 26.1 Å². The van der Waals surface area contributed by atoms with Crippen LogP contribution in [0.15, 0.2) is 12.3 Å². The van der Waals surface area contributed by atoms with Crippen LogP contribution >= 0.6 is 0 Å². The number of aromatic nitrogens is 2. The minimum atomic E-state index is -0.283. The first-order valence-electron chi connectivity index (χ1n) is 12.7. The van der Waals surface area contributed by atoms with Crippen LogP contribution in [0.5, 0.6) is 0 Å². The SMILES string of the molecule is CC(C)(C=Cn1ncc(C(=O)NC2C3CC4CC2CC(CO)(C4)C3)c1N1CCOCC1)CC#N. The van der Waals surface area contributed by atoms with Gasteiger partial charge in [0, 0.05) is 38.4 Å². The molecule has 8 nitrogen and oxygen atoms in total. The van der Waals surface area contributed by atoms with Crippen molar-refractivity contribution in [3.8, 4) is 6.07 Å². The molecule has 2 unspecified atom stereocenters. The third-order valence-electron chi connectivity index (χ3n) is 8.56. The van der Waals surface area contributed by atoms with Gasteiger partial charge in [0.05, 0.1) is 25.5 Å². The Hall–Kier alpha value is -2.37. The largest absolute Gasteiger partial charge is 0.396 e. The van der Waals surface area contributed by atoms with Crippen LogP contribution in [-0.4, -0.2) is 59.7 Å². The fourth-order valence-electron chi connectivity index (χ4n) is 7.10. The molecule has 2 atom stereocenters. The van der Waals surface area contributed by atoms with E-state index in [0.29, 0.717) is 56.0 Å². The van der Waals surface area contributed by atoms with Crippen LogP contribution in [0.4, 0.5) is 5.82 Å². The number of nitriles is 1. The molecule has 8 heteroatoms. The van der Waals surface area contributed by atoms with Crippen molar-refractivity contribution in [3.05, 3.63) is 17.8 Å². The molecule has 0 radical (unpaired) electrons. The Morgan fingerprint density at radius 2 is 2.03 bits per heavy atom. The number of carbonyl (C=O) groups excluding carboxylic acids is 1. The summed E-state index contributed by atoms with van der Waals surface area (Å²) in [7, 11) is 0. The van der Waals surface area contributed by atoms with Crippen LogP contribution in [0.25, 0.3) is 6.20 Å². The van der Waals surface area contributed by atoms with Gasteiger partial charge in [-0.15, -0.1) is 0 Å². The lowest BCUT2D eigenvalue weighted by atomic mass is 9.48. The summed E-state index contributed by atoms with van der Waals surface area (Å²) in [6.07, 6.45) is 11.5. The summed E-state index contributed by atoms with van der Waals surface area (Å²) < 4.78 is 7.32. The lowest BCUT2D eigenvalue weighted by Gasteiger charge is -2.59. The van der Waals surface area contributed by atoms with Crippen molar-refractivity contribution in [2.45, 2.75) is 58.4 Å². The van der Waals surface area contributed by atoms with Gasteiger partial charge in [-0.1, -0.05) is 19.9 Å². The van der Waals surface area contributed by atoms with E-state index in [4.69, 9.17) is 10.00 Å². The van der Waals surface area contributed by atoms with Crippen molar-refractivity contribution < 1.29 is 14.6 Å². The number of morpholine rings is 1. The number of aliphatic hydroxyl groups excluding tert-OH is 1. The maximum Gasteiger partial charge on any atom is 0.256 e. The standard InChI is InChI=1S/C26H37N5O3/c1-25(2,3-5-27)4-6-31-24(30-7-9-34-10-8-30)21(16-28-31)23(33)29-22-19-11-18-12-20(22)15-26(13-18,14-19)17-32/h4,6,16,18-20,22,32H,3,7-15,17H2,1-2H3,(H,29,33). The van der Waals surface area contributed by atoms with Gasteiger partial charge >= 0.3 is 0 Å². The number of nitrogens with zero attached hydrogens (tertiary/aromatic N) is 4. The summed E-state index contributed by atoms with van der Waals surface area (Å²) in [6, 6.07) is 2.41. The number of nitrogens with one attached hydrogen (secondary N) is 1. The summed E-state index contributed by atoms with van der Waals surface area (Å²) in [5.41, 5.74) is 0.396. The molecule has 5 fully saturated rings. The lowest BCUT2D eigenvalue weighted by Crippen LogP contribution is -2.60. The summed E-state index contributed by atoms with van der Waals surface area (Å²) in [6.45, 7) is 6.96. The predicted octanol–water partition coefficient (Wildman–Crippen LogP) is 3.05. The zero-order valence-corrected chi connectivity index (χ0v) is 20.4. The van der Waals surface area contributed by atoms with Crippen LogP contribution in [0.1, 0.15) is 62.7 Å². The molecule has 4 bridgehead atoms. The Balaban J connectivity index is 1.39. The molecule has 2 heterocycles. The van der Waals surface area contributed by atoms with Crippen molar-refractivity contribution in [2.24, 2.45) is 28.6 Å². The normalized spacial score (nSPS) is 32.8. The molecule has 184 valence electrons. The van der Waals surface area contributed by atoms with Gasteiger partial charge < -0.3 is 20.1 Å². The lowest BCUT2D eigenvalue weighted by molar-refractivity contribution is -0.0969. The molecule has 4 saturated carbocycles. The number of aliphatic hydroxyl groups is 1. The molecular formula is C26H37N5O3. The Kier molecular flexibility index (Phi) is 6.19. The number of allylic oxidation sites excluding steroid dienone is 1. The summed E-state index contributed by atoms with van der Waals surface area (Å²) in [5.74, 6) is 2.34. The zero-order valence-electron chi connectivity index (χ0n) is 20.4. The molecule has 1 saturated heterocycles. The predicted molar refractivity (Wildman–Crippen MR) is 129 cm³/mol. The number of carbonyl (C=O) groups is 1. The molecule has 4 aliphatic carbocycles. The first kappa shape index (κ1) is 23.4. The average Bonchev–Trinajstić information content (AvgIpc) is 3.24. The van der Waals surface area contributed by atoms with Gasteiger partial charge in [0.2, 0.25) is 0 Å². The summed E-state index contributed by atoms with van der Waals surface area (Å²) >= 11 is 0. The summed E-state index contributed by atoms with van der Waals surface area (Å²) in [5, 5.41) is 27.1. The highest BCUT2D eigenvalue weighted by molar-refractivity contribution is 5.99. The van der Waals surface area contributed by atoms with Crippen molar-refractivity contribution in [2.75, 3.05) is 37.8 Å². The Morgan fingerprint density at radius 3 is 2.68 bits per heavy atom. The molecule has 1 amide bonds. The van der Waals surface area contributed by atoms with Crippen LogP contribution in [-0.2, 0) is 4.74 Å². The average molecular weight is 468 g/mol. The minimum absolute atomic E-state index is 0.0621. The highest BCUT2D eigenvalue weighted by Crippen LogP contribution is 2.59. The van der Waals surface area contributed by atoms with Gasteiger partial charge in [-0.05, 0) is 60.7 Å². The molecule has 1 aromatic heterocycles. The molecule has 34 heavy (non-hydrogen) atoms. The van der Waals surface area contributed by atoms with E-state index in [2.05, 4.69) is 21.4 Å². The maximum atomic E-state index is 13.6. The maximum absolute atomic E-state index is 13.6. The zero-order chi connectivity index (χ0) is 23.9. The number of amides is 1. The number of hydrogen-bond acceptors (Lipinski definition) is 6. The molecule has 0 aromatic carbocycles. The van der Waals surface area contributed by atoms with Gasteiger partial charge in [-0.2, -0.15) is 10.4 Å². The number of anilines is 1. The van der Waals surface area contributed by atoms with Crippen LogP contribution in [0.2, 0.25) is 0 Å². The monoisotopic (exact) mass is 467 g/mol. The van der Waals surface area contributed by atoms with Gasteiger partial charge in [0.15, 0.2) is 0 Å². The number of rotatable bonds is 7. The second-order valence-electron chi connectivity index (χ2n) is 11.7. The molecule has 5 aliphatic rings. The van der Waals surface area contributed by atoms with Gasteiger partial charge in [0.1, 0.15) is 11.4 Å². The van der Waals surface area contributed by atoms with E-state index in [0.717, 1.165) is 37.9 Å². The molecular weight excluding hydrogens is 430 g/mol. The van der Waals surface area contributed by atoms with Crippen molar-refractivity contribution in [3.63, 3.8) is 0 Å². The summed E-state index contributed by atoms with van der Waals surface area (Å²) in [4.78, 5) is 15.8. The molecule has 0 spiro atoms. The van der Waals surface area contributed by atoms with Gasteiger partial charge in [-0.25, -0.2) is 4.68 Å². The third kappa shape index (κ3) is 4.36. The number of ether oxygens (including phenoxy) is 1. The fraction of sp³-hybridized carbons (Fsp3) is 0.731. The smallest absolute Gasteiger partial charge is 0.256 e. The van der Waals surface area contributed by atoms with Crippen molar-refractivity contribution in [1.82, 2.24) is 15.1 Å². The Morgan fingerprint density at radius 1 is 1.32 bits per heavy atom. The second-order valence-corrected chi connectivity index (χ2v) is 11.7. The van der Waals surface area contributed by atoms with E-state index in [1.165, 1.54) is 0 Å². The van der Waals surface area contributed by atoms with E-state index >= 15 is 0 Å². The van der Waals surface area contributed by atoms with Gasteiger partial charge in [-0.3, -0.25) is 4.79 Å². The highest BCUT2D eigenvalue weighted by atomic mass is 16.5. The fourth-order valence-corrected chi connectivity index (χ4v) is 7.10. The highest BCUT2D eigenvalue weighted by Gasteiger charge is 2.55. The van der Waals surface area contributed by atoms with Crippen LogP contribution in [0, 0.1) is 39.9 Å². The van der Waals surface area contributed by atoms with E-state index in [9.17, 15) is 9.90 Å². The van der Waals surface area contributed by atoms with Crippen LogP contribution in [0.3, 0.4) is 0 Å². The first-order valence-corrected chi connectivity index (χ1v) is 12.7. The molecule has 6 rings (SSSR count). The third-order valence-corrected chi connectivity index (χ3v) is 8.56. The van der Waals surface area contributed by atoms with Crippen molar-refractivity contribution >= 4 is 17.9 Å². The second kappa shape index (κ2) is 9.01. The van der Waals surface area contributed by atoms with Crippen molar-refractivity contribution in [1.29, 1.82) is 5.26 Å². The van der Waals surface area contributed by atoms with Crippen LogP contribution < -0.4 is 10.2 Å². The Labute approximate surface area is 201 Å². The molecule has 2 N–H and O–H groups in total. The van der Waals surface area contributed by atoms with E-state index in [-0.39, 0.29) is 29.4 Å². The quantitative estimate of drug-likeness (QED) is 0.639. The number of hydrogen-bond donors (Lipinski definition) is 2. The Bertz CT molecular complexity index is 971. The molecule has 1 aromatic rings. The first-order chi connectivity index (χ1) is 16.3. The van der Waals surface area contributed by atoms with E-state index in [1.54, 1.807) is 10.9 Å².